The van der Waals surface area contributed by atoms with Gasteiger partial charge in [0.1, 0.15) is 5.75 Å². The number of ether oxygens (including phenoxy) is 1. The second-order valence-corrected chi connectivity index (χ2v) is 13.1. The molecule has 0 aromatic heterocycles. The van der Waals surface area contributed by atoms with Crippen LogP contribution in [0.25, 0.3) is 0 Å². The van der Waals surface area contributed by atoms with E-state index in [0.717, 1.165) is 30.2 Å². The number of sulfonamides is 1. The van der Waals surface area contributed by atoms with Crippen molar-refractivity contribution >= 4 is 34.2 Å². The number of allylic oxidation sites excluding steroid dienone is 1. The maximum absolute atomic E-state index is 13.8. The van der Waals surface area contributed by atoms with Crippen molar-refractivity contribution < 1.29 is 27.9 Å². The van der Waals surface area contributed by atoms with E-state index in [9.17, 15) is 23.1 Å². The predicted molar refractivity (Wildman–Crippen MR) is 179 cm³/mol. The van der Waals surface area contributed by atoms with E-state index < -0.39 is 33.4 Å². The van der Waals surface area contributed by atoms with Gasteiger partial charge in [0.25, 0.3) is 0 Å². The molecule has 45 heavy (non-hydrogen) atoms. The molecule has 0 fully saturated rings. The Kier molecular flexibility index (Phi) is 14.6. The molecular weight excluding hydrogens is 616 g/mol. The summed E-state index contributed by atoms with van der Waals surface area (Å²) in [4.78, 5) is 29.1. The lowest BCUT2D eigenvalue weighted by Gasteiger charge is -2.42. The number of primary amides is 1. The fourth-order valence-electron chi connectivity index (χ4n) is 5.79. The zero-order valence-corrected chi connectivity index (χ0v) is 28.1. The molecule has 0 saturated carbocycles. The summed E-state index contributed by atoms with van der Waals surface area (Å²) in [5, 5.41) is 15.0. The number of amides is 2. The van der Waals surface area contributed by atoms with Crippen LogP contribution in [0.3, 0.4) is 0 Å². The lowest BCUT2D eigenvalue weighted by Crippen LogP contribution is -2.52. The minimum absolute atomic E-state index is 0. The topological polar surface area (TPSA) is 151 Å². The number of nitrogens with zero attached hydrogens (tertiary/aromatic N) is 1. The van der Waals surface area contributed by atoms with Gasteiger partial charge in [-0.2, -0.15) is 0 Å². The van der Waals surface area contributed by atoms with E-state index in [4.69, 9.17) is 10.5 Å². The van der Waals surface area contributed by atoms with Crippen molar-refractivity contribution in [3.05, 3.63) is 89.1 Å². The first-order valence-corrected chi connectivity index (χ1v) is 16.9. The smallest absolute Gasteiger partial charge is 0.249 e. The van der Waals surface area contributed by atoms with Gasteiger partial charge >= 0.3 is 0 Å². The first kappa shape index (κ1) is 37.8. The Hall–Kier alpha value is -3.38. The molecule has 0 aliphatic heterocycles. The predicted octanol–water partition coefficient (Wildman–Crippen LogP) is 3.31. The molecule has 2 amide bonds. The minimum atomic E-state index is -3.77. The van der Waals surface area contributed by atoms with Crippen LogP contribution in [0.5, 0.6) is 5.75 Å². The summed E-state index contributed by atoms with van der Waals surface area (Å²) in [6, 6.07) is 16.9. The van der Waals surface area contributed by atoms with Crippen molar-refractivity contribution in [1.82, 2.24) is 14.9 Å². The number of nitrogens with two attached hydrogens (primary N) is 1. The van der Waals surface area contributed by atoms with Gasteiger partial charge in [0, 0.05) is 43.4 Å². The molecule has 0 radical (unpaired) electrons. The molecule has 5 N–H and O–H groups in total. The summed E-state index contributed by atoms with van der Waals surface area (Å²) in [6.45, 7) is 5.50. The van der Waals surface area contributed by atoms with Gasteiger partial charge in [0.15, 0.2) is 0 Å². The molecule has 1 unspecified atom stereocenters. The summed E-state index contributed by atoms with van der Waals surface area (Å²) >= 11 is 0. The van der Waals surface area contributed by atoms with Crippen LogP contribution < -0.4 is 20.5 Å². The molecule has 2 aromatic rings. The zero-order chi connectivity index (χ0) is 32.3. The van der Waals surface area contributed by atoms with Gasteiger partial charge in [-0.3, -0.25) is 14.3 Å². The number of rotatable bonds is 17. The number of carbonyl (C=O) groups is 2. The average molecular weight is 663 g/mol. The van der Waals surface area contributed by atoms with Crippen LogP contribution >= 0.6 is 12.4 Å². The third-order valence-corrected chi connectivity index (χ3v) is 8.38. The van der Waals surface area contributed by atoms with Crippen molar-refractivity contribution in [2.45, 2.75) is 52.2 Å². The standard InChI is InChI=1S/C33H46N4O6S.ClH/c1-5-15-37(16-6-2)31(39)26-19-27(36-44(4,41)42)21-33(20-26,32(34)40)29(18-24-11-8-7-9-12-24)30(38)23-35-22-25-13-10-14-28(17-25)43-3;/h7-14,17,19,21,29-30,35-36,38H,5-6,15-16,18,20,22-23H2,1-4H3,(H2,34,40);1H/t29-,30+,33?;/m1./s1. The Bertz CT molecular complexity index is 1440. The summed E-state index contributed by atoms with van der Waals surface area (Å²) in [5.74, 6) is -1.14. The third kappa shape index (κ3) is 10.6. The fraction of sp³-hybridized carbons (Fsp3) is 0.455. The van der Waals surface area contributed by atoms with Crippen molar-refractivity contribution in [3.63, 3.8) is 0 Å². The zero-order valence-electron chi connectivity index (χ0n) is 26.5. The van der Waals surface area contributed by atoms with Gasteiger partial charge in [-0.15, -0.1) is 12.4 Å². The second kappa shape index (κ2) is 17.4. The Labute approximate surface area is 273 Å². The van der Waals surface area contributed by atoms with E-state index in [0.29, 0.717) is 25.4 Å². The number of methoxy groups -OCH3 is 1. The van der Waals surface area contributed by atoms with E-state index in [2.05, 4.69) is 10.0 Å². The molecule has 0 saturated heterocycles. The third-order valence-electron chi connectivity index (χ3n) is 7.78. The Morgan fingerprint density at radius 1 is 1.07 bits per heavy atom. The lowest BCUT2D eigenvalue weighted by molar-refractivity contribution is -0.132. The van der Waals surface area contributed by atoms with E-state index in [1.807, 2.05) is 68.4 Å². The first-order chi connectivity index (χ1) is 20.9. The molecule has 1 aliphatic carbocycles. The SMILES string of the molecule is CCCN(CCC)C(=O)C1=CC(NS(C)(=O)=O)=CC(C(N)=O)([C@H](Cc2ccccc2)[C@@H](O)CNCc2cccc(OC)c2)C1.Cl. The highest BCUT2D eigenvalue weighted by Crippen LogP contribution is 2.44. The molecule has 0 heterocycles. The second-order valence-electron chi connectivity index (χ2n) is 11.4. The van der Waals surface area contributed by atoms with Gasteiger partial charge in [0.2, 0.25) is 21.8 Å². The van der Waals surface area contributed by atoms with Crippen LogP contribution in [0.1, 0.15) is 44.2 Å². The number of carbonyl (C=O) groups excluding carboxylic acids is 2. The van der Waals surface area contributed by atoms with Crippen LogP contribution in [0, 0.1) is 11.3 Å². The van der Waals surface area contributed by atoms with Crippen LogP contribution in [0.2, 0.25) is 0 Å². The van der Waals surface area contributed by atoms with E-state index in [1.165, 1.54) is 12.2 Å². The maximum atomic E-state index is 13.8. The number of aliphatic hydroxyl groups excluding tert-OH is 1. The summed E-state index contributed by atoms with van der Waals surface area (Å²) < 4.78 is 32.5. The van der Waals surface area contributed by atoms with Gasteiger partial charge in [0.05, 0.1) is 24.9 Å². The van der Waals surface area contributed by atoms with Gasteiger partial charge in [-0.1, -0.05) is 56.3 Å². The number of benzene rings is 2. The van der Waals surface area contributed by atoms with Gasteiger partial charge < -0.3 is 25.8 Å². The molecule has 3 rings (SSSR count). The number of nitrogens with one attached hydrogen (secondary N) is 2. The molecule has 10 nitrogen and oxygen atoms in total. The molecular formula is C33H47ClN4O6S. The summed E-state index contributed by atoms with van der Waals surface area (Å²) in [5.41, 5.74) is 6.72. The van der Waals surface area contributed by atoms with Gasteiger partial charge in [-0.05, 0) is 61.1 Å². The van der Waals surface area contributed by atoms with E-state index >= 15 is 0 Å². The fourth-order valence-corrected chi connectivity index (χ4v) is 6.34. The molecule has 12 heteroatoms. The van der Waals surface area contributed by atoms with Crippen LogP contribution in [-0.4, -0.2) is 69.3 Å². The molecule has 1 aliphatic rings. The molecule has 3 atom stereocenters. The van der Waals surface area contributed by atoms with Crippen molar-refractivity contribution in [3.8, 4) is 5.75 Å². The summed E-state index contributed by atoms with van der Waals surface area (Å²) in [6.07, 6.45) is 4.51. The Balaban J connectivity index is 0.00000705. The molecule has 248 valence electrons. The van der Waals surface area contributed by atoms with Crippen molar-refractivity contribution in [1.29, 1.82) is 0 Å². The normalized spacial score (nSPS) is 17.6. The lowest BCUT2D eigenvalue weighted by atomic mass is 9.64. The molecule has 0 spiro atoms. The quantitative estimate of drug-likeness (QED) is 0.203. The monoisotopic (exact) mass is 662 g/mol. The van der Waals surface area contributed by atoms with Crippen molar-refractivity contribution in [2.75, 3.05) is 33.0 Å². The molecule has 2 aromatic carbocycles. The minimum Gasteiger partial charge on any atom is -0.497 e. The van der Waals surface area contributed by atoms with Gasteiger partial charge in [-0.25, -0.2) is 8.42 Å². The highest BCUT2D eigenvalue weighted by molar-refractivity contribution is 7.88. The van der Waals surface area contributed by atoms with Crippen LogP contribution in [0.15, 0.2) is 78.0 Å². The molecule has 0 bridgehead atoms. The number of aliphatic hydroxyl groups is 1. The van der Waals surface area contributed by atoms with E-state index in [-0.39, 0.29) is 49.0 Å². The highest BCUT2D eigenvalue weighted by atomic mass is 35.5. The van der Waals surface area contributed by atoms with Crippen LogP contribution in [-0.2, 0) is 32.6 Å². The largest absolute Gasteiger partial charge is 0.497 e. The first-order valence-electron chi connectivity index (χ1n) is 15.0. The van der Waals surface area contributed by atoms with E-state index in [1.54, 1.807) is 12.0 Å². The number of halogens is 1. The average Bonchev–Trinajstić information content (AvgIpc) is 2.98. The van der Waals surface area contributed by atoms with Crippen LogP contribution in [0.4, 0.5) is 0 Å². The Morgan fingerprint density at radius 3 is 2.29 bits per heavy atom. The maximum Gasteiger partial charge on any atom is 0.249 e. The number of hydrogen-bond acceptors (Lipinski definition) is 7. The number of hydrogen-bond donors (Lipinski definition) is 4. The Morgan fingerprint density at radius 2 is 1.71 bits per heavy atom. The summed E-state index contributed by atoms with van der Waals surface area (Å²) in [7, 11) is -2.18. The van der Waals surface area contributed by atoms with Crippen molar-refractivity contribution in [2.24, 2.45) is 17.1 Å². The highest BCUT2D eigenvalue weighted by Gasteiger charge is 2.49.